The van der Waals surface area contributed by atoms with Gasteiger partial charge in [-0.3, -0.25) is 5.32 Å². The summed E-state index contributed by atoms with van der Waals surface area (Å²) in [6.07, 6.45) is -3.17. The second kappa shape index (κ2) is 5.59. The SMILES string of the molecule is O=C(Nc1nnc(C(F)(F)F)s1)Nc1cccnc1Cl. The molecule has 2 heterocycles. The van der Waals surface area contributed by atoms with Crippen molar-refractivity contribution in [1.29, 1.82) is 0 Å². The summed E-state index contributed by atoms with van der Waals surface area (Å²) in [6, 6.07) is 2.22. The summed E-state index contributed by atoms with van der Waals surface area (Å²) >= 11 is 5.92. The van der Waals surface area contributed by atoms with Gasteiger partial charge in [-0.15, -0.1) is 10.2 Å². The molecule has 2 amide bonds. The second-order valence-corrected chi connectivity index (χ2v) is 4.67. The topological polar surface area (TPSA) is 79.8 Å². The fourth-order valence-electron chi connectivity index (χ4n) is 1.12. The highest BCUT2D eigenvalue weighted by Gasteiger charge is 2.35. The largest absolute Gasteiger partial charge is 0.445 e. The molecule has 2 aromatic rings. The number of urea groups is 1. The van der Waals surface area contributed by atoms with Crippen LogP contribution in [0.15, 0.2) is 18.3 Å². The lowest BCUT2D eigenvalue weighted by Gasteiger charge is -2.05. The Morgan fingerprint density at radius 3 is 2.65 bits per heavy atom. The number of hydrogen-bond acceptors (Lipinski definition) is 5. The number of pyridine rings is 1. The molecule has 0 aliphatic rings. The van der Waals surface area contributed by atoms with Gasteiger partial charge in [0.2, 0.25) is 10.1 Å². The Kier molecular flexibility index (Phi) is 4.04. The fraction of sp³-hybridized carbons (Fsp3) is 0.111. The molecule has 0 atom stereocenters. The number of rotatable bonds is 2. The van der Waals surface area contributed by atoms with Gasteiger partial charge in [0.1, 0.15) is 0 Å². The van der Waals surface area contributed by atoms with Crippen molar-refractivity contribution in [1.82, 2.24) is 15.2 Å². The number of amides is 2. The average Bonchev–Trinajstić information content (AvgIpc) is 2.80. The van der Waals surface area contributed by atoms with Crippen LogP contribution in [0.25, 0.3) is 0 Å². The minimum atomic E-state index is -4.60. The molecular formula is C9H5ClF3N5OS. The third-order valence-corrected chi connectivity index (χ3v) is 3.08. The van der Waals surface area contributed by atoms with Gasteiger partial charge >= 0.3 is 12.2 Å². The van der Waals surface area contributed by atoms with Crippen LogP contribution < -0.4 is 10.6 Å². The molecule has 6 nitrogen and oxygen atoms in total. The zero-order valence-electron chi connectivity index (χ0n) is 9.40. The van der Waals surface area contributed by atoms with E-state index in [9.17, 15) is 18.0 Å². The third kappa shape index (κ3) is 3.54. The van der Waals surface area contributed by atoms with E-state index >= 15 is 0 Å². The van der Waals surface area contributed by atoms with Gasteiger partial charge < -0.3 is 5.32 Å². The molecule has 0 bridgehead atoms. The quantitative estimate of drug-likeness (QED) is 0.831. The minimum absolute atomic E-state index is 0.0518. The van der Waals surface area contributed by atoms with E-state index in [2.05, 4.69) is 25.8 Å². The highest BCUT2D eigenvalue weighted by atomic mass is 35.5. The third-order valence-electron chi connectivity index (χ3n) is 1.90. The van der Waals surface area contributed by atoms with Crippen molar-refractivity contribution in [3.8, 4) is 0 Å². The van der Waals surface area contributed by atoms with Gasteiger partial charge in [0, 0.05) is 6.20 Å². The van der Waals surface area contributed by atoms with Crippen LogP contribution in [0.1, 0.15) is 5.01 Å². The molecule has 106 valence electrons. The molecule has 0 saturated heterocycles. The average molecular weight is 324 g/mol. The summed E-state index contributed by atoms with van der Waals surface area (Å²) in [6.45, 7) is 0. The van der Waals surface area contributed by atoms with Gasteiger partial charge in [0.15, 0.2) is 5.15 Å². The van der Waals surface area contributed by atoms with Gasteiger partial charge in [0.05, 0.1) is 5.69 Å². The first-order valence-electron chi connectivity index (χ1n) is 4.95. The number of carbonyl (C=O) groups excluding carboxylic acids is 1. The first kappa shape index (κ1) is 14.5. The summed E-state index contributed by atoms with van der Waals surface area (Å²) in [5.74, 6) is 0. The van der Waals surface area contributed by atoms with E-state index in [0.717, 1.165) is 0 Å². The molecule has 0 radical (unpaired) electrons. The van der Waals surface area contributed by atoms with Crippen LogP contribution in [0.2, 0.25) is 5.15 Å². The number of nitrogens with zero attached hydrogens (tertiary/aromatic N) is 3. The van der Waals surface area contributed by atoms with Crippen LogP contribution in [-0.2, 0) is 6.18 Å². The number of nitrogens with one attached hydrogen (secondary N) is 2. The molecule has 0 spiro atoms. The number of halogens is 4. The molecule has 0 aromatic carbocycles. The van der Waals surface area contributed by atoms with Crippen molar-refractivity contribution in [2.75, 3.05) is 10.6 Å². The maximum absolute atomic E-state index is 12.3. The van der Waals surface area contributed by atoms with Crippen LogP contribution in [-0.4, -0.2) is 21.2 Å². The van der Waals surface area contributed by atoms with Crippen molar-refractivity contribution in [2.45, 2.75) is 6.18 Å². The molecule has 0 saturated carbocycles. The van der Waals surface area contributed by atoms with Crippen molar-refractivity contribution < 1.29 is 18.0 Å². The number of hydrogen-bond donors (Lipinski definition) is 2. The molecule has 20 heavy (non-hydrogen) atoms. The Balaban J connectivity index is 2.02. The fourth-order valence-corrected chi connectivity index (χ4v) is 1.89. The lowest BCUT2D eigenvalue weighted by atomic mass is 10.4. The van der Waals surface area contributed by atoms with Gasteiger partial charge in [-0.1, -0.05) is 22.9 Å². The molecular weight excluding hydrogens is 319 g/mol. The van der Waals surface area contributed by atoms with E-state index in [1.165, 1.54) is 18.3 Å². The van der Waals surface area contributed by atoms with E-state index in [1.54, 1.807) is 0 Å². The maximum atomic E-state index is 12.3. The lowest BCUT2D eigenvalue weighted by Crippen LogP contribution is -2.19. The Morgan fingerprint density at radius 1 is 1.30 bits per heavy atom. The van der Waals surface area contributed by atoms with Crippen LogP contribution >= 0.6 is 22.9 Å². The first-order valence-corrected chi connectivity index (χ1v) is 6.15. The molecule has 0 aliphatic heterocycles. The standard InChI is InChI=1S/C9H5ClF3N5OS/c10-5-4(2-1-3-14-5)15-7(19)16-8-18-17-6(20-8)9(11,12)13/h1-3H,(H2,15,16,18,19). The monoisotopic (exact) mass is 323 g/mol. The van der Waals surface area contributed by atoms with Crippen LogP contribution in [0.3, 0.4) is 0 Å². The highest BCUT2D eigenvalue weighted by Crippen LogP contribution is 2.33. The Bertz CT molecular complexity index is 632. The van der Waals surface area contributed by atoms with Crippen molar-refractivity contribution >= 4 is 39.8 Å². The van der Waals surface area contributed by atoms with Crippen molar-refractivity contribution in [3.05, 3.63) is 28.5 Å². The van der Waals surface area contributed by atoms with E-state index in [0.29, 0.717) is 0 Å². The van der Waals surface area contributed by atoms with Crippen LogP contribution in [0.5, 0.6) is 0 Å². The molecule has 2 rings (SSSR count). The normalized spacial score (nSPS) is 11.2. The van der Waals surface area contributed by atoms with Gasteiger partial charge in [-0.25, -0.2) is 9.78 Å². The molecule has 2 aromatic heterocycles. The molecule has 11 heteroatoms. The minimum Gasteiger partial charge on any atom is -0.305 e. The summed E-state index contributed by atoms with van der Waals surface area (Å²) < 4.78 is 36.9. The Hall–Kier alpha value is -1.94. The number of carbonyl (C=O) groups is 1. The Morgan fingerprint density at radius 2 is 2.05 bits per heavy atom. The van der Waals surface area contributed by atoms with E-state index in [4.69, 9.17) is 11.6 Å². The molecule has 0 aliphatic carbocycles. The van der Waals surface area contributed by atoms with Gasteiger partial charge in [0.25, 0.3) is 0 Å². The molecule has 0 fully saturated rings. The summed E-state index contributed by atoms with van der Waals surface area (Å²) in [5, 5.41) is 9.20. The number of aromatic nitrogens is 3. The van der Waals surface area contributed by atoms with E-state index < -0.39 is 17.2 Å². The lowest BCUT2D eigenvalue weighted by molar-refractivity contribution is -0.138. The molecule has 0 unspecified atom stereocenters. The van der Waals surface area contributed by atoms with Crippen molar-refractivity contribution in [2.24, 2.45) is 0 Å². The van der Waals surface area contributed by atoms with Crippen LogP contribution in [0.4, 0.5) is 28.8 Å². The van der Waals surface area contributed by atoms with E-state index in [1.807, 2.05) is 0 Å². The predicted molar refractivity (Wildman–Crippen MR) is 66.8 cm³/mol. The second-order valence-electron chi connectivity index (χ2n) is 3.33. The zero-order chi connectivity index (χ0) is 14.8. The summed E-state index contributed by atoms with van der Waals surface area (Å²) in [4.78, 5) is 15.3. The maximum Gasteiger partial charge on any atom is 0.445 e. The van der Waals surface area contributed by atoms with Crippen LogP contribution in [0, 0.1) is 0 Å². The highest BCUT2D eigenvalue weighted by molar-refractivity contribution is 7.15. The van der Waals surface area contributed by atoms with Crippen molar-refractivity contribution in [3.63, 3.8) is 0 Å². The van der Waals surface area contributed by atoms with Gasteiger partial charge in [-0.2, -0.15) is 13.2 Å². The number of anilines is 2. The zero-order valence-corrected chi connectivity index (χ0v) is 11.0. The summed E-state index contributed by atoms with van der Waals surface area (Å²) in [7, 11) is 0. The summed E-state index contributed by atoms with van der Waals surface area (Å²) in [5.41, 5.74) is 0.215. The van der Waals surface area contributed by atoms with Gasteiger partial charge in [-0.05, 0) is 12.1 Å². The smallest absolute Gasteiger partial charge is 0.305 e. The number of alkyl halides is 3. The first-order chi connectivity index (χ1) is 9.36. The molecule has 2 N–H and O–H groups in total. The van der Waals surface area contributed by atoms with E-state index in [-0.39, 0.29) is 27.3 Å². The predicted octanol–water partition coefficient (Wildman–Crippen LogP) is 3.25. The Labute approximate surface area is 119 Å².